The smallest absolute Gasteiger partial charge is 0.173 e. The Labute approximate surface area is 144 Å². The zero-order valence-corrected chi connectivity index (χ0v) is 14.9. The SMILES string of the molecule is CC1(C)CC2(CCC13OCCO3)CC(O)C(CC1=CC=CCC1)O2. The number of ether oxygens (including phenoxy) is 3. The van der Waals surface area contributed by atoms with Gasteiger partial charge in [-0.05, 0) is 32.1 Å². The Morgan fingerprint density at radius 1 is 1.21 bits per heavy atom. The Hall–Kier alpha value is -0.680. The minimum atomic E-state index is -0.457. The molecule has 0 aromatic rings. The lowest BCUT2D eigenvalue weighted by Crippen LogP contribution is -2.55. The number of allylic oxidation sites excluding steroid dienone is 3. The van der Waals surface area contributed by atoms with E-state index in [1.807, 2.05) is 0 Å². The largest absolute Gasteiger partial charge is 0.390 e. The molecule has 0 aromatic carbocycles. The van der Waals surface area contributed by atoms with Gasteiger partial charge >= 0.3 is 0 Å². The van der Waals surface area contributed by atoms with E-state index in [1.165, 1.54) is 5.57 Å². The van der Waals surface area contributed by atoms with Crippen molar-refractivity contribution in [1.29, 1.82) is 0 Å². The van der Waals surface area contributed by atoms with Crippen molar-refractivity contribution in [2.75, 3.05) is 13.2 Å². The standard InChI is InChI=1S/C20H30O4/c1-18(2)14-19(8-9-20(18)22-10-11-23-20)13-16(21)17(24-19)12-15-6-4-3-5-7-15/h3-4,6,16-17,21H,5,7-14H2,1-2H3. The molecule has 3 unspecified atom stereocenters. The van der Waals surface area contributed by atoms with Crippen LogP contribution in [0.15, 0.2) is 23.8 Å². The van der Waals surface area contributed by atoms with E-state index < -0.39 is 5.79 Å². The topological polar surface area (TPSA) is 47.9 Å². The van der Waals surface area contributed by atoms with Crippen LogP contribution in [0.2, 0.25) is 0 Å². The molecule has 134 valence electrons. The quantitative estimate of drug-likeness (QED) is 0.840. The highest BCUT2D eigenvalue weighted by atomic mass is 16.7. The second-order valence-corrected chi connectivity index (χ2v) is 8.62. The maximum Gasteiger partial charge on any atom is 0.173 e. The van der Waals surface area contributed by atoms with E-state index in [9.17, 15) is 5.11 Å². The van der Waals surface area contributed by atoms with Gasteiger partial charge < -0.3 is 19.3 Å². The summed E-state index contributed by atoms with van der Waals surface area (Å²) in [5.74, 6) is -0.457. The molecule has 1 saturated carbocycles. The lowest BCUT2D eigenvalue weighted by Gasteiger charge is -2.52. The van der Waals surface area contributed by atoms with Gasteiger partial charge in [-0.3, -0.25) is 0 Å². The Bertz CT molecular complexity index is 544. The average Bonchev–Trinajstić information content (AvgIpc) is 3.12. The molecule has 3 atom stereocenters. The summed E-state index contributed by atoms with van der Waals surface area (Å²) in [4.78, 5) is 0. The van der Waals surface area contributed by atoms with Gasteiger partial charge in [-0.15, -0.1) is 0 Å². The van der Waals surface area contributed by atoms with Crippen molar-refractivity contribution in [1.82, 2.24) is 0 Å². The van der Waals surface area contributed by atoms with Crippen LogP contribution in [0.5, 0.6) is 0 Å². The second-order valence-electron chi connectivity index (χ2n) is 8.62. The second kappa shape index (κ2) is 5.94. The van der Waals surface area contributed by atoms with E-state index in [0.29, 0.717) is 13.2 Å². The van der Waals surface area contributed by atoms with Gasteiger partial charge in [0.05, 0.1) is 31.0 Å². The molecular formula is C20H30O4. The van der Waals surface area contributed by atoms with Crippen molar-refractivity contribution < 1.29 is 19.3 Å². The highest BCUT2D eigenvalue weighted by molar-refractivity contribution is 5.19. The molecule has 2 aliphatic heterocycles. The van der Waals surface area contributed by atoms with Gasteiger partial charge in [0.1, 0.15) is 0 Å². The number of aliphatic hydroxyl groups is 1. The first-order valence-electron chi connectivity index (χ1n) is 9.42. The maximum absolute atomic E-state index is 10.6. The molecule has 2 saturated heterocycles. The molecule has 0 radical (unpaired) electrons. The summed E-state index contributed by atoms with van der Waals surface area (Å²) in [6.07, 6.45) is 12.5. The fourth-order valence-electron chi connectivity index (χ4n) is 5.24. The molecule has 1 N–H and O–H groups in total. The predicted octanol–water partition coefficient (Wildman–Crippen LogP) is 3.49. The van der Waals surface area contributed by atoms with Crippen molar-refractivity contribution in [2.45, 2.75) is 82.4 Å². The minimum Gasteiger partial charge on any atom is -0.390 e. The third-order valence-electron chi connectivity index (χ3n) is 6.43. The van der Waals surface area contributed by atoms with E-state index >= 15 is 0 Å². The van der Waals surface area contributed by atoms with Crippen LogP contribution in [-0.4, -0.2) is 41.9 Å². The fourth-order valence-corrected chi connectivity index (χ4v) is 5.24. The van der Waals surface area contributed by atoms with E-state index in [0.717, 1.165) is 44.9 Å². The first-order valence-corrected chi connectivity index (χ1v) is 9.42. The zero-order valence-electron chi connectivity index (χ0n) is 14.9. The summed E-state index contributed by atoms with van der Waals surface area (Å²) in [5, 5.41) is 10.6. The van der Waals surface area contributed by atoms with Gasteiger partial charge in [0, 0.05) is 18.3 Å². The van der Waals surface area contributed by atoms with E-state index in [1.54, 1.807) is 0 Å². The molecule has 4 aliphatic rings. The van der Waals surface area contributed by atoms with E-state index in [4.69, 9.17) is 14.2 Å². The highest BCUT2D eigenvalue weighted by Gasteiger charge is 2.60. The molecule has 2 spiro atoms. The number of rotatable bonds is 2. The first kappa shape index (κ1) is 16.8. The van der Waals surface area contributed by atoms with Crippen LogP contribution in [0, 0.1) is 5.41 Å². The molecule has 0 bridgehead atoms. The van der Waals surface area contributed by atoms with Crippen molar-refractivity contribution >= 4 is 0 Å². The number of hydrogen-bond acceptors (Lipinski definition) is 4. The van der Waals surface area contributed by atoms with Crippen molar-refractivity contribution in [3.63, 3.8) is 0 Å². The lowest BCUT2D eigenvalue weighted by molar-refractivity contribution is -0.274. The summed E-state index contributed by atoms with van der Waals surface area (Å²) in [7, 11) is 0. The van der Waals surface area contributed by atoms with Gasteiger partial charge in [0.15, 0.2) is 5.79 Å². The van der Waals surface area contributed by atoms with Gasteiger partial charge in [-0.2, -0.15) is 0 Å². The van der Waals surface area contributed by atoms with Crippen LogP contribution < -0.4 is 0 Å². The van der Waals surface area contributed by atoms with Crippen LogP contribution in [0.25, 0.3) is 0 Å². The van der Waals surface area contributed by atoms with Gasteiger partial charge in [-0.1, -0.05) is 37.6 Å². The number of aliphatic hydroxyl groups excluding tert-OH is 1. The minimum absolute atomic E-state index is 0.0713. The molecule has 4 rings (SSSR count). The predicted molar refractivity (Wildman–Crippen MR) is 91.6 cm³/mol. The molecule has 4 nitrogen and oxygen atoms in total. The van der Waals surface area contributed by atoms with E-state index in [-0.39, 0.29) is 23.2 Å². The van der Waals surface area contributed by atoms with Gasteiger partial charge in [0.2, 0.25) is 0 Å². The van der Waals surface area contributed by atoms with Crippen LogP contribution >= 0.6 is 0 Å². The molecular weight excluding hydrogens is 304 g/mol. The summed E-state index contributed by atoms with van der Waals surface area (Å²) < 4.78 is 18.6. The van der Waals surface area contributed by atoms with E-state index in [2.05, 4.69) is 32.1 Å². The van der Waals surface area contributed by atoms with Crippen molar-refractivity contribution in [3.8, 4) is 0 Å². The third-order valence-corrected chi connectivity index (χ3v) is 6.43. The molecule has 4 heteroatoms. The monoisotopic (exact) mass is 334 g/mol. The number of hydrogen-bond donors (Lipinski definition) is 1. The molecule has 3 fully saturated rings. The fraction of sp³-hybridized carbons (Fsp3) is 0.800. The Morgan fingerprint density at radius 2 is 2.00 bits per heavy atom. The highest BCUT2D eigenvalue weighted by Crippen LogP contribution is 2.56. The Balaban J connectivity index is 1.47. The summed E-state index contributed by atoms with van der Waals surface area (Å²) in [5.41, 5.74) is 1.06. The van der Waals surface area contributed by atoms with Crippen molar-refractivity contribution in [3.05, 3.63) is 23.8 Å². The summed E-state index contributed by atoms with van der Waals surface area (Å²) in [6, 6.07) is 0. The molecule has 2 aliphatic carbocycles. The van der Waals surface area contributed by atoms with Crippen LogP contribution in [0.4, 0.5) is 0 Å². The molecule has 24 heavy (non-hydrogen) atoms. The summed E-state index contributed by atoms with van der Waals surface area (Å²) in [6.45, 7) is 5.81. The normalized spacial score (nSPS) is 40.4. The first-order chi connectivity index (χ1) is 11.4. The maximum atomic E-state index is 10.6. The van der Waals surface area contributed by atoms with Crippen LogP contribution in [-0.2, 0) is 14.2 Å². The average molecular weight is 334 g/mol. The Kier molecular flexibility index (Phi) is 4.15. The zero-order chi connectivity index (χ0) is 16.8. The summed E-state index contributed by atoms with van der Waals surface area (Å²) >= 11 is 0. The lowest BCUT2D eigenvalue weighted by atomic mass is 9.64. The van der Waals surface area contributed by atoms with Gasteiger partial charge in [0.25, 0.3) is 0 Å². The molecule has 0 aromatic heterocycles. The van der Waals surface area contributed by atoms with Crippen LogP contribution in [0.1, 0.15) is 58.8 Å². The molecule has 0 amide bonds. The van der Waals surface area contributed by atoms with Crippen LogP contribution in [0.3, 0.4) is 0 Å². The third kappa shape index (κ3) is 2.78. The van der Waals surface area contributed by atoms with Gasteiger partial charge in [-0.25, -0.2) is 0 Å². The Morgan fingerprint density at radius 3 is 2.67 bits per heavy atom. The van der Waals surface area contributed by atoms with Crippen molar-refractivity contribution in [2.24, 2.45) is 5.41 Å². The molecule has 2 heterocycles.